The molecule has 0 saturated carbocycles. The van der Waals surface area contributed by atoms with E-state index >= 15 is 0 Å². The average molecular weight is 335 g/mol. The van der Waals surface area contributed by atoms with Crippen LogP contribution in [0.3, 0.4) is 0 Å². The molecule has 0 aliphatic rings. The molecule has 0 aliphatic heterocycles. The van der Waals surface area contributed by atoms with Gasteiger partial charge >= 0.3 is 0 Å². The van der Waals surface area contributed by atoms with Crippen LogP contribution < -0.4 is 9.47 Å². The largest absolute Gasteiger partial charge is 0.497 e. The molecule has 0 fully saturated rings. The van der Waals surface area contributed by atoms with Crippen LogP contribution in [0.5, 0.6) is 11.5 Å². The lowest BCUT2D eigenvalue weighted by Gasteiger charge is -2.16. The average Bonchev–Trinajstić information content (AvgIpc) is 2.66. The van der Waals surface area contributed by atoms with Crippen LogP contribution >= 0.6 is 0 Å². The smallest absolute Gasteiger partial charge is 0.257 e. The van der Waals surface area contributed by atoms with E-state index in [2.05, 4.69) is 6.07 Å². The molecule has 128 valence electrons. The molecule has 0 N–H and O–H groups in total. The number of carbonyl (C=O) groups excluding carboxylic acids is 1. The van der Waals surface area contributed by atoms with Gasteiger partial charge < -0.3 is 14.4 Å². The van der Waals surface area contributed by atoms with Gasteiger partial charge in [0.2, 0.25) is 0 Å². The Labute approximate surface area is 147 Å². The third-order valence-corrected chi connectivity index (χ3v) is 4.24. The molecule has 0 bridgehead atoms. The van der Waals surface area contributed by atoms with E-state index in [1.54, 1.807) is 33.2 Å². The molecule has 0 radical (unpaired) electrons. The minimum atomic E-state index is -0.0698. The highest BCUT2D eigenvalue weighted by Gasteiger charge is 2.18. The van der Waals surface area contributed by atoms with Gasteiger partial charge in [-0.2, -0.15) is 0 Å². The normalized spacial score (nSPS) is 10.6. The highest BCUT2D eigenvalue weighted by molar-refractivity contribution is 6.10. The van der Waals surface area contributed by atoms with Gasteiger partial charge in [0.05, 0.1) is 19.8 Å². The van der Waals surface area contributed by atoms with E-state index in [4.69, 9.17) is 9.47 Å². The predicted molar refractivity (Wildman–Crippen MR) is 101 cm³/mol. The Bertz CT molecular complexity index is 914. The van der Waals surface area contributed by atoms with Gasteiger partial charge in [-0.05, 0) is 46.2 Å². The standard InChI is InChI=1S/C21H21NO3/c1-22(2)21(23)20-18-11-7-15(13-16(18)8-12-19(20)25-4)14-5-9-17(24-3)10-6-14/h5-13H,1-4H3. The number of ether oxygens (including phenoxy) is 2. The van der Waals surface area contributed by atoms with Gasteiger partial charge in [-0.3, -0.25) is 4.79 Å². The molecule has 25 heavy (non-hydrogen) atoms. The zero-order chi connectivity index (χ0) is 18.0. The zero-order valence-electron chi connectivity index (χ0n) is 14.9. The molecular formula is C21H21NO3. The molecule has 0 saturated heterocycles. The van der Waals surface area contributed by atoms with E-state index in [0.29, 0.717) is 11.3 Å². The van der Waals surface area contributed by atoms with Crippen molar-refractivity contribution in [1.82, 2.24) is 4.90 Å². The van der Waals surface area contributed by atoms with Crippen molar-refractivity contribution in [2.24, 2.45) is 0 Å². The molecule has 0 aliphatic carbocycles. The summed E-state index contributed by atoms with van der Waals surface area (Å²) in [6, 6.07) is 17.8. The molecule has 4 nitrogen and oxygen atoms in total. The van der Waals surface area contributed by atoms with Gasteiger partial charge in [-0.15, -0.1) is 0 Å². The Morgan fingerprint density at radius 1 is 0.840 bits per heavy atom. The summed E-state index contributed by atoms with van der Waals surface area (Å²) in [5, 5.41) is 1.88. The lowest BCUT2D eigenvalue weighted by atomic mass is 9.97. The second-order valence-electron chi connectivity index (χ2n) is 6.01. The SMILES string of the molecule is COc1ccc(-c2ccc3c(C(=O)N(C)C)c(OC)ccc3c2)cc1. The maximum absolute atomic E-state index is 12.6. The zero-order valence-corrected chi connectivity index (χ0v) is 14.9. The van der Waals surface area contributed by atoms with E-state index in [-0.39, 0.29) is 5.91 Å². The van der Waals surface area contributed by atoms with Crippen molar-refractivity contribution in [3.05, 3.63) is 60.2 Å². The van der Waals surface area contributed by atoms with Gasteiger partial charge in [0.1, 0.15) is 11.5 Å². The molecule has 3 rings (SSSR count). The Balaban J connectivity index is 2.14. The summed E-state index contributed by atoms with van der Waals surface area (Å²) in [6.45, 7) is 0. The Hall–Kier alpha value is -3.01. The van der Waals surface area contributed by atoms with Crippen molar-refractivity contribution in [1.29, 1.82) is 0 Å². The topological polar surface area (TPSA) is 38.8 Å². The summed E-state index contributed by atoms with van der Waals surface area (Å²) in [6.07, 6.45) is 0. The highest BCUT2D eigenvalue weighted by atomic mass is 16.5. The Morgan fingerprint density at radius 3 is 2.12 bits per heavy atom. The quantitative estimate of drug-likeness (QED) is 0.716. The van der Waals surface area contributed by atoms with Crippen LogP contribution in [0.25, 0.3) is 21.9 Å². The van der Waals surface area contributed by atoms with Crippen LogP contribution in [-0.2, 0) is 0 Å². The lowest BCUT2D eigenvalue weighted by Crippen LogP contribution is -2.22. The number of methoxy groups -OCH3 is 2. The van der Waals surface area contributed by atoms with Crippen molar-refractivity contribution < 1.29 is 14.3 Å². The summed E-state index contributed by atoms with van der Waals surface area (Å²) in [7, 11) is 6.72. The van der Waals surface area contributed by atoms with Crippen molar-refractivity contribution in [3.8, 4) is 22.6 Å². The van der Waals surface area contributed by atoms with Gasteiger partial charge in [-0.1, -0.05) is 30.3 Å². The van der Waals surface area contributed by atoms with Crippen LogP contribution in [-0.4, -0.2) is 39.1 Å². The minimum absolute atomic E-state index is 0.0698. The summed E-state index contributed by atoms with van der Waals surface area (Å²) in [5.41, 5.74) is 2.77. The summed E-state index contributed by atoms with van der Waals surface area (Å²) in [4.78, 5) is 14.2. The van der Waals surface area contributed by atoms with Gasteiger partial charge in [0, 0.05) is 14.1 Å². The fourth-order valence-corrected chi connectivity index (χ4v) is 2.89. The number of hydrogen-bond acceptors (Lipinski definition) is 3. The van der Waals surface area contributed by atoms with Crippen LogP contribution in [0.15, 0.2) is 54.6 Å². The first-order valence-electron chi connectivity index (χ1n) is 8.02. The Morgan fingerprint density at radius 2 is 1.52 bits per heavy atom. The van der Waals surface area contributed by atoms with E-state index in [1.807, 2.05) is 48.5 Å². The van der Waals surface area contributed by atoms with Crippen molar-refractivity contribution in [2.45, 2.75) is 0 Å². The summed E-state index contributed by atoms with van der Waals surface area (Å²) >= 11 is 0. The molecule has 4 heteroatoms. The van der Waals surface area contributed by atoms with Gasteiger partial charge in [-0.25, -0.2) is 0 Å². The monoisotopic (exact) mass is 335 g/mol. The first-order valence-corrected chi connectivity index (χ1v) is 8.02. The van der Waals surface area contributed by atoms with E-state index < -0.39 is 0 Å². The lowest BCUT2D eigenvalue weighted by molar-refractivity contribution is 0.0826. The number of carbonyl (C=O) groups is 1. The van der Waals surface area contributed by atoms with Crippen LogP contribution in [0, 0.1) is 0 Å². The fourth-order valence-electron chi connectivity index (χ4n) is 2.89. The number of hydrogen-bond donors (Lipinski definition) is 0. The maximum atomic E-state index is 12.6. The number of amides is 1. The number of benzene rings is 3. The van der Waals surface area contributed by atoms with Crippen LogP contribution in [0.2, 0.25) is 0 Å². The molecule has 1 amide bonds. The van der Waals surface area contributed by atoms with Crippen molar-refractivity contribution in [3.63, 3.8) is 0 Å². The second-order valence-corrected chi connectivity index (χ2v) is 6.01. The van der Waals surface area contributed by atoms with Crippen molar-refractivity contribution in [2.75, 3.05) is 28.3 Å². The molecule has 0 heterocycles. The predicted octanol–water partition coefficient (Wildman–Crippen LogP) is 4.23. The summed E-state index contributed by atoms with van der Waals surface area (Å²) < 4.78 is 10.6. The molecule has 3 aromatic rings. The third-order valence-electron chi connectivity index (χ3n) is 4.24. The van der Waals surface area contributed by atoms with E-state index in [9.17, 15) is 4.79 Å². The molecule has 0 atom stereocenters. The molecular weight excluding hydrogens is 314 g/mol. The third kappa shape index (κ3) is 3.15. The number of fused-ring (bicyclic) bond motifs is 1. The van der Waals surface area contributed by atoms with Crippen LogP contribution in [0.1, 0.15) is 10.4 Å². The minimum Gasteiger partial charge on any atom is -0.497 e. The highest BCUT2D eigenvalue weighted by Crippen LogP contribution is 2.32. The molecule has 0 unspecified atom stereocenters. The van der Waals surface area contributed by atoms with E-state index in [0.717, 1.165) is 27.6 Å². The summed E-state index contributed by atoms with van der Waals surface area (Å²) in [5.74, 6) is 1.34. The fraction of sp³-hybridized carbons (Fsp3) is 0.190. The van der Waals surface area contributed by atoms with E-state index in [1.165, 1.54) is 0 Å². The Kier molecular flexibility index (Phi) is 4.61. The first-order chi connectivity index (χ1) is 12.0. The van der Waals surface area contributed by atoms with Gasteiger partial charge in [0.15, 0.2) is 0 Å². The molecule has 0 aromatic heterocycles. The van der Waals surface area contributed by atoms with Gasteiger partial charge in [0.25, 0.3) is 5.91 Å². The molecule has 0 spiro atoms. The van der Waals surface area contributed by atoms with Crippen molar-refractivity contribution >= 4 is 16.7 Å². The molecule has 3 aromatic carbocycles. The number of nitrogens with zero attached hydrogens (tertiary/aromatic N) is 1. The number of rotatable bonds is 4. The second kappa shape index (κ2) is 6.85. The maximum Gasteiger partial charge on any atom is 0.257 e. The van der Waals surface area contributed by atoms with Crippen LogP contribution in [0.4, 0.5) is 0 Å². The first kappa shape index (κ1) is 16.8.